The minimum atomic E-state index is -2.69. The molecular weight excluding hydrogens is 234 g/mol. The Morgan fingerprint density at radius 2 is 1.76 bits per heavy atom. The molecule has 3 nitrogen and oxygen atoms in total. The summed E-state index contributed by atoms with van der Waals surface area (Å²) >= 11 is 0. The Labute approximate surface area is 105 Å². The number of rotatable bonds is 5. The van der Waals surface area contributed by atoms with Crippen molar-refractivity contribution in [3.63, 3.8) is 0 Å². The summed E-state index contributed by atoms with van der Waals surface area (Å²) in [5.41, 5.74) is 0. The Kier molecular flexibility index (Phi) is 4.86. The van der Waals surface area contributed by atoms with Crippen LogP contribution in [0.4, 0.5) is 0 Å². The van der Waals surface area contributed by atoms with E-state index in [0.717, 1.165) is 25.4 Å². The molecule has 1 saturated carbocycles. The molecule has 1 N–H and O–H groups in total. The van der Waals surface area contributed by atoms with E-state index in [1.165, 1.54) is 38.5 Å². The second-order valence-electron chi connectivity index (χ2n) is 5.77. The Hall–Kier alpha value is -0.0900. The molecule has 0 radical (unpaired) electrons. The zero-order valence-corrected chi connectivity index (χ0v) is 11.5. The predicted octanol–water partition coefficient (Wildman–Crippen LogP) is 1.98. The summed E-state index contributed by atoms with van der Waals surface area (Å²) in [6.07, 6.45) is 9.18. The summed E-state index contributed by atoms with van der Waals surface area (Å²) in [6, 6.07) is 0. The molecule has 1 aliphatic carbocycles. The van der Waals surface area contributed by atoms with Crippen LogP contribution in [0.5, 0.6) is 0 Å². The average Bonchev–Trinajstić information content (AvgIpc) is 2.66. The van der Waals surface area contributed by atoms with E-state index in [0.29, 0.717) is 17.4 Å². The Morgan fingerprint density at radius 1 is 1.00 bits per heavy atom. The molecule has 100 valence electrons. The van der Waals surface area contributed by atoms with Crippen LogP contribution in [0.2, 0.25) is 0 Å². The largest absolute Gasteiger partial charge is 0.316 e. The van der Waals surface area contributed by atoms with Gasteiger partial charge in [0.15, 0.2) is 9.84 Å². The highest BCUT2D eigenvalue weighted by molar-refractivity contribution is 7.91. The lowest BCUT2D eigenvalue weighted by atomic mass is 9.87. The van der Waals surface area contributed by atoms with Crippen LogP contribution in [0.3, 0.4) is 0 Å². The van der Waals surface area contributed by atoms with Crippen LogP contribution in [-0.2, 0) is 9.84 Å². The van der Waals surface area contributed by atoms with E-state index in [1.54, 1.807) is 0 Å². The molecule has 2 aliphatic rings. The molecule has 1 saturated heterocycles. The van der Waals surface area contributed by atoms with E-state index in [9.17, 15) is 8.42 Å². The Balaban J connectivity index is 1.54. The summed E-state index contributed by atoms with van der Waals surface area (Å²) in [4.78, 5) is 0. The summed E-state index contributed by atoms with van der Waals surface area (Å²) in [5, 5.41) is 3.45. The highest BCUT2D eigenvalue weighted by atomic mass is 32.2. The smallest absolute Gasteiger partial charge is 0.150 e. The highest BCUT2D eigenvalue weighted by Gasteiger charge is 2.27. The molecule has 4 heteroatoms. The van der Waals surface area contributed by atoms with Crippen molar-refractivity contribution in [2.75, 3.05) is 24.6 Å². The van der Waals surface area contributed by atoms with Gasteiger partial charge in [-0.3, -0.25) is 0 Å². The summed E-state index contributed by atoms with van der Waals surface area (Å²) < 4.78 is 22.6. The van der Waals surface area contributed by atoms with Gasteiger partial charge in [-0.25, -0.2) is 8.42 Å². The molecular formula is C13H25NO2S. The Bertz CT molecular complexity index is 320. The van der Waals surface area contributed by atoms with E-state index in [1.807, 2.05) is 0 Å². The molecule has 2 fully saturated rings. The van der Waals surface area contributed by atoms with Gasteiger partial charge in [-0.1, -0.05) is 32.1 Å². The maximum absolute atomic E-state index is 11.3. The summed E-state index contributed by atoms with van der Waals surface area (Å²) in [7, 11) is -2.69. The van der Waals surface area contributed by atoms with Crippen LogP contribution in [0.15, 0.2) is 0 Å². The van der Waals surface area contributed by atoms with Crippen LogP contribution >= 0.6 is 0 Å². The second kappa shape index (κ2) is 6.19. The zero-order chi connectivity index (χ0) is 12.1. The van der Waals surface area contributed by atoms with Gasteiger partial charge in [0.25, 0.3) is 0 Å². The number of hydrogen-bond acceptors (Lipinski definition) is 3. The predicted molar refractivity (Wildman–Crippen MR) is 70.8 cm³/mol. The lowest BCUT2D eigenvalue weighted by molar-refractivity contribution is 0.331. The van der Waals surface area contributed by atoms with Gasteiger partial charge < -0.3 is 5.32 Å². The third kappa shape index (κ3) is 4.59. The Morgan fingerprint density at radius 3 is 2.41 bits per heavy atom. The van der Waals surface area contributed by atoms with E-state index >= 15 is 0 Å². The first-order valence-electron chi connectivity index (χ1n) is 7.07. The maximum Gasteiger partial charge on any atom is 0.150 e. The molecule has 1 heterocycles. The van der Waals surface area contributed by atoms with Crippen molar-refractivity contribution in [2.45, 2.75) is 44.9 Å². The van der Waals surface area contributed by atoms with Gasteiger partial charge in [0.05, 0.1) is 11.5 Å². The fraction of sp³-hybridized carbons (Fsp3) is 1.00. The molecule has 1 atom stereocenters. The minimum Gasteiger partial charge on any atom is -0.316 e. The standard InChI is InChI=1S/C13H25NO2S/c15-17(16)9-7-13(11-17)10-14-8-6-12-4-2-1-3-5-12/h12-14H,1-11H2. The van der Waals surface area contributed by atoms with Gasteiger partial charge in [0.2, 0.25) is 0 Å². The van der Waals surface area contributed by atoms with E-state index < -0.39 is 9.84 Å². The third-order valence-corrected chi connectivity index (χ3v) is 6.05. The number of sulfone groups is 1. The topological polar surface area (TPSA) is 46.2 Å². The van der Waals surface area contributed by atoms with Crippen LogP contribution in [-0.4, -0.2) is 33.0 Å². The molecule has 1 unspecified atom stereocenters. The van der Waals surface area contributed by atoms with Crippen molar-refractivity contribution in [1.82, 2.24) is 5.32 Å². The summed E-state index contributed by atoms with van der Waals surface area (Å²) in [5.74, 6) is 2.10. The van der Waals surface area contributed by atoms with Crippen molar-refractivity contribution in [3.05, 3.63) is 0 Å². The number of nitrogens with one attached hydrogen (secondary N) is 1. The lowest BCUT2D eigenvalue weighted by Crippen LogP contribution is -2.26. The van der Waals surface area contributed by atoms with Crippen molar-refractivity contribution in [3.8, 4) is 0 Å². The molecule has 0 aromatic carbocycles. The van der Waals surface area contributed by atoms with E-state index in [4.69, 9.17) is 0 Å². The first-order valence-corrected chi connectivity index (χ1v) is 8.89. The molecule has 0 amide bonds. The molecule has 2 rings (SSSR count). The van der Waals surface area contributed by atoms with Crippen molar-refractivity contribution in [2.24, 2.45) is 11.8 Å². The molecule has 0 bridgehead atoms. The molecule has 1 aliphatic heterocycles. The normalized spacial score (nSPS) is 29.5. The van der Waals surface area contributed by atoms with Gasteiger partial charge in [-0.15, -0.1) is 0 Å². The van der Waals surface area contributed by atoms with Crippen LogP contribution in [0, 0.1) is 11.8 Å². The van der Waals surface area contributed by atoms with Crippen LogP contribution in [0.1, 0.15) is 44.9 Å². The molecule has 17 heavy (non-hydrogen) atoms. The van der Waals surface area contributed by atoms with Crippen molar-refractivity contribution >= 4 is 9.84 Å². The highest BCUT2D eigenvalue weighted by Crippen LogP contribution is 2.25. The van der Waals surface area contributed by atoms with Gasteiger partial charge in [-0.05, 0) is 37.8 Å². The summed E-state index contributed by atoms with van der Waals surface area (Å²) in [6.45, 7) is 1.97. The quantitative estimate of drug-likeness (QED) is 0.768. The zero-order valence-electron chi connectivity index (χ0n) is 10.7. The van der Waals surface area contributed by atoms with Crippen LogP contribution < -0.4 is 5.32 Å². The van der Waals surface area contributed by atoms with Crippen LogP contribution in [0.25, 0.3) is 0 Å². The second-order valence-corrected chi connectivity index (χ2v) is 7.99. The first-order chi connectivity index (χ1) is 8.16. The minimum absolute atomic E-state index is 0.367. The van der Waals surface area contributed by atoms with Crippen molar-refractivity contribution in [1.29, 1.82) is 0 Å². The molecule has 0 aromatic rings. The lowest BCUT2D eigenvalue weighted by Gasteiger charge is -2.21. The fourth-order valence-corrected chi connectivity index (χ4v) is 4.98. The first kappa shape index (κ1) is 13.3. The number of hydrogen-bond donors (Lipinski definition) is 1. The maximum atomic E-state index is 11.3. The SMILES string of the molecule is O=S1(=O)CCC(CNCCC2CCCCC2)C1. The van der Waals surface area contributed by atoms with Gasteiger partial charge in [-0.2, -0.15) is 0 Å². The van der Waals surface area contributed by atoms with Gasteiger partial charge >= 0.3 is 0 Å². The van der Waals surface area contributed by atoms with Crippen molar-refractivity contribution < 1.29 is 8.42 Å². The van der Waals surface area contributed by atoms with E-state index in [-0.39, 0.29) is 0 Å². The van der Waals surface area contributed by atoms with Gasteiger partial charge in [0.1, 0.15) is 0 Å². The molecule has 0 spiro atoms. The fourth-order valence-electron chi connectivity index (χ4n) is 3.12. The third-order valence-electron chi connectivity index (χ3n) is 4.21. The van der Waals surface area contributed by atoms with Gasteiger partial charge in [0, 0.05) is 0 Å². The average molecular weight is 259 g/mol. The molecule has 0 aromatic heterocycles. The van der Waals surface area contributed by atoms with E-state index in [2.05, 4.69) is 5.32 Å². The monoisotopic (exact) mass is 259 g/mol.